The van der Waals surface area contributed by atoms with E-state index in [4.69, 9.17) is 0 Å². The average Bonchev–Trinajstić information content (AvgIpc) is 3.28. The fourth-order valence-corrected chi connectivity index (χ4v) is 4.12. The fourth-order valence-electron chi connectivity index (χ4n) is 4.12. The van der Waals surface area contributed by atoms with Crippen LogP contribution in [0.1, 0.15) is 44.9 Å². The maximum atomic E-state index is 12.3. The topological polar surface area (TPSA) is 68.2 Å². The highest BCUT2D eigenvalue weighted by Crippen LogP contribution is 2.40. The largest absolute Gasteiger partial charge is 0.396 e. The van der Waals surface area contributed by atoms with E-state index < -0.39 is 0 Å². The Kier molecular flexibility index (Phi) is 5.09. The number of nitrogens with one attached hydrogen (secondary N) is 1. The van der Waals surface area contributed by atoms with E-state index in [-0.39, 0.29) is 17.9 Å². The van der Waals surface area contributed by atoms with E-state index in [1.54, 1.807) is 7.05 Å². The number of carbonyl (C=O) groups is 1. The molecular weight excluding hydrogens is 292 g/mol. The minimum absolute atomic E-state index is 0.199. The van der Waals surface area contributed by atoms with Crippen molar-refractivity contribution < 1.29 is 9.90 Å². The van der Waals surface area contributed by atoms with E-state index in [0.29, 0.717) is 12.6 Å². The van der Waals surface area contributed by atoms with E-state index in [2.05, 4.69) is 15.2 Å². The molecule has 6 heteroatoms. The number of aliphatic hydroxyl groups is 1. The standard InChI is InChI=1S/C17H30N4O2/c1-18-16(19-13-17(8-11-22)6-2-3-7-17)20-9-10-21(14-4-5-14)15(23)12-20/h14,22H,2-13H2,1H3,(H,18,19). The van der Waals surface area contributed by atoms with E-state index in [9.17, 15) is 9.90 Å². The Balaban J connectivity index is 1.54. The molecule has 0 aromatic heterocycles. The van der Waals surface area contributed by atoms with Crippen LogP contribution in [0.15, 0.2) is 4.99 Å². The predicted octanol–water partition coefficient (Wildman–Crippen LogP) is 0.811. The Labute approximate surface area is 138 Å². The molecule has 6 nitrogen and oxygen atoms in total. The van der Waals surface area contributed by atoms with Crippen LogP contribution in [-0.4, -0.2) is 72.6 Å². The maximum absolute atomic E-state index is 12.3. The first-order valence-electron chi connectivity index (χ1n) is 9.03. The molecule has 3 aliphatic rings. The lowest BCUT2D eigenvalue weighted by molar-refractivity contribution is -0.135. The molecule has 23 heavy (non-hydrogen) atoms. The van der Waals surface area contributed by atoms with Crippen LogP contribution in [0.5, 0.6) is 0 Å². The van der Waals surface area contributed by atoms with E-state index in [0.717, 1.165) is 32.0 Å². The first-order chi connectivity index (χ1) is 11.2. The number of guanidine groups is 1. The van der Waals surface area contributed by atoms with E-state index >= 15 is 0 Å². The zero-order valence-electron chi connectivity index (χ0n) is 14.3. The molecule has 3 fully saturated rings. The molecule has 0 spiro atoms. The second-order valence-electron chi connectivity index (χ2n) is 7.32. The quantitative estimate of drug-likeness (QED) is 0.581. The molecular formula is C17H30N4O2. The lowest BCUT2D eigenvalue weighted by Gasteiger charge is -2.37. The normalized spacial score (nSPS) is 25.1. The van der Waals surface area contributed by atoms with Gasteiger partial charge in [-0.25, -0.2) is 0 Å². The summed E-state index contributed by atoms with van der Waals surface area (Å²) < 4.78 is 0. The van der Waals surface area contributed by atoms with Gasteiger partial charge in [-0.05, 0) is 37.5 Å². The van der Waals surface area contributed by atoms with Crippen LogP contribution < -0.4 is 5.32 Å². The summed E-state index contributed by atoms with van der Waals surface area (Å²) in [5.41, 5.74) is 0.199. The second-order valence-corrected chi connectivity index (χ2v) is 7.32. The van der Waals surface area contributed by atoms with E-state index in [1.807, 2.05) is 4.90 Å². The zero-order valence-corrected chi connectivity index (χ0v) is 14.3. The Bertz CT molecular complexity index is 456. The number of aliphatic hydroxyl groups excluding tert-OH is 1. The van der Waals surface area contributed by atoms with Gasteiger partial charge in [0.25, 0.3) is 0 Å². The molecule has 0 aromatic carbocycles. The minimum atomic E-state index is 0.199. The van der Waals surface area contributed by atoms with Gasteiger partial charge in [0.2, 0.25) is 5.91 Å². The van der Waals surface area contributed by atoms with Crippen molar-refractivity contribution in [3.63, 3.8) is 0 Å². The average molecular weight is 322 g/mol. The first-order valence-corrected chi connectivity index (χ1v) is 9.03. The summed E-state index contributed by atoms with van der Waals surface area (Å²) in [6.45, 7) is 3.19. The number of piperazine rings is 1. The van der Waals surface area contributed by atoms with Gasteiger partial charge in [-0.2, -0.15) is 0 Å². The molecule has 1 saturated heterocycles. The van der Waals surface area contributed by atoms with Gasteiger partial charge in [0.15, 0.2) is 5.96 Å². The summed E-state index contributed by atoms with van der Waals surface area (Å²) in [6.07, 6.45) is 8.03. The lowest BCUT2D eigenvalue weighted by atomic mass is 9.83. The minimum Gasteiger partial charge on any atom is -0.396 e. The highest BCUT2D eigenvalue weighted by atomic mass is 16.3. The smallest absolute Gasteiger partial charge is 0.242 e. The van der Waals surface area contributed by atoms with Gasteiger partial charge >= 0.3 is 0 Å². The summed E-state index contributed by atoms with van der Waals surface area (Å²) in [4.78, 5) is 20.8. The summed E-state index contributed by atoms with van der Waals surface area (Å²) in [6, 6.07) is 0.505. The first kappa shape index (κ1) is 16.6. The Morgan fingerprint density at radius 3 is 2.65 bits per heavy atom. The van der Waals surface area contributed by atoms with Crippen LogP contribution >= 0.6 is 0 Å². The van der Waals surface area contributed by atoms with Gasteiger partial charge in [0.1, 0.15) is 0 Å². The van der Waals surface area contributed by atoms with E-state index in [1.165, 1.54) is 38.5 Å². The molecule has 1 amide bonds. The molecule has 0 atom stereocenters. The van der Waals surface area contributed by atoms with Gasteiger partial charge in [-0.3, -0.25) is 9.79 Å². The number of amides is 1. The highest BCUT2D eigenvalue weighted by Gasteiger charge is 2.37. The fraction of sp³-hybridized carbons (Fsp3) is 0.882. The van der Waals surface area contributed by atoms with Crippen LogP contribution in [0.2, 0.25) is 0 Å². The molecule has 0 aromatic rings. The number of hydrogen-bond acceptors (Lipinski definition) is 3. The van der Waals surface area contributed by atoms with Crippen LogP contribution in [0, 0.1) is 5.41 Å². The summed E-state index contributed by atoms with van der Waals surface area (Å²) in [5, 5.41) is 12.8. The van der Waals surface area contributed by atoms with Crippen molar-refractivity contribution in [3.05, 3.63) is 0 Å². The number of rotatable bonds is 5. The van der Waals surface area contributed by atoms with Crippen molar-refractivity contribution in [3.8, 4) is 0 Å². The number of aliphatic imine (C=N–C) groups is 1. The Morgan fingerprint density at radius 2 is 2.09 bits per heavy atom. The highest BCUT2D eigenvalue weighted by molar-refractivity contribution is 5.88. The molecule has 130 valence electrons. The molecule has 0 bridgehead atoms. The maximum Gasteiger partial charge on any atom is 0.242 e. The number of hydrogen-bond donors (Lipinski definition) is 2. The number of carbonyl (C=O) groups excluding carboxylic acids is 1. The van der Waals surface area contributed by atoms with Crippen LogP contribution in [0.4, 0.5) is 0 Å². The molecule has 0 unspecified atom stereocenters. The summed E-state index contributed by atoms with van der Waals surface area (Å²) in [5.74, 6) is 1.06. The predicted molar refractivity (Wildman–Crippen MR) is 90.3 cm³/mol. The third-order valence-electron chi connectivity index (χ3n) is 5.68. The van der Waals surface area contributed by atoms with Crippen LogP contribution in [0.3, 0.4) is 0 Å². The third-order valence-corrected chi connectivity index (χ3v) is 5.68. The van der Waals surface area contributed by atoms with Gasteiger partial charge < -0.3 is 20.2 Å². The van der Waals surface area contributed by atoms with Crippen molar-refractivity contribution in [2.45, 2.75) is 51.0 Å². The molecule has 1 aliphatic heterocycles. The molecule has 1 heterocycles. The van der Waals surface area contributed by atoms with Crippen LogP contribution in [0.25, 0.3) is 0 Å². The molecule has 2 saturated carbocycles. The third kappa shape index (κ3) is 3.79. The lowest BCUT2D eigenvalue weighted by Crippen LogP contribution is -2.56. The molecule has 3 rings (SSSR count). The zero-order chi connectivity index (χ0) is 16.3. The molecule has 0 radical (unpaired) electrons. The van der Waals surface area contributed by atoms with Gasteiger partial charge in [0.05, 0.1) is 6.54 Å². The van der Waals surface area contributed by atoms with Crippen molar-refractivity contribution in [1.29, 1.82) is 0 Å². The van der Waals surface area contributed by atoms with Crippen molar-refractivity contribution in [2.75, 3.05) is 39.8 Å². The second kappa shape index (κ2) is 7.07. The van der Waals surface area contributed by atoms with Crippen molar-refractivity contribution in [2.24, 2.45) is 10.4 Å². The van der Waals surface area contributed by atoms with Crippen LogP contribution in [-0.2, 0) is 4.79 Å². The van der Waals surface area contributed by atoms with Crippen molar-refractivity contribution >= 4 is 11.9 Å². The van der Waals surface area contributed by atoms with Gasteiger partial charge in [-0.15, -0.1) is 0 Å². The van der Waals surface area contributed by atoms with Gasteiger partial charge in [-0.1, -0.05) is 12.8 Å². The summed E-state index contributed by atoms with van der Waals surface area (Å²) in [7, 11) is 1.79. The SMILES string of the molecule is CN=C(NCC1(CCO)CCCC1)N1CCN(C2CC2)C(=O)C1. The Morgan fingerprint density at radius 1 is 1.35 bits per heavy atom. The molecule has 2 N–H and O–H groups in total. The van der Waals surface area contributed by atoms with Crippen molar-refractivity contribution in [1.82, 2.24) is 15.1 Å². The summed E-state index contributed by atoms with van der Waals surface area (Å²) >= 11 is 0. The monoisotopic (exact) mass is 322 g/mol. The van der Waals surface area contributed by atoms with Gasteiger partial charge in [0, 0.05) is 39.3 Å². The number of nitrogens with zero attached hydrogens (tertiary/aromatic N) is 3. The Hall–Kier alpha value is -1.30. The molecule has 2 aliphatic carbocycles.